The van der Waals surface area contributed by atoms with Crippen molar-refractivity contribution in [3.8, 4) is 0 Å². The molecule has 114 valence electrons. The van der Waals surface area contributed by atoms with E-state index in [1.807, 2.05) is 6.92 Å². The summed E-state index contributed by atoms with van der Waals surface area (Å²) in [5.41, 5.74) is 7.30. The van der Waals surface area contributed by atoms with Crippen molar-refractivity contribution in [2.45, 2.75) is 32.7 Å². The van der Waals surface area contributed by atoms with E-state index in [1.165, 1.54) is 4.57 Å². The van der Waals surface area contributed by atoms with Gasteiger partial charge in [0, 0.05) is 12.1 Å². The van der Waals surface area contributed by atoms with Crippen molar-refractivity contribution in [2.24, 2.45) is 0 Å². The number of hydrogen-bond donors (Lipinski definition) is 2. The van der Waals surface area contributed by atoms with E-state index < -0.39 is 11.9 Å². The number of imide groups is 1. The molecule has 2 aromatic rings. The van der Waals surface area contributed by atoms with Crippen molar-refractivity contribution in [3.63, 3.8) is 0 Å². The van der Waals surface area contributed by atoms with Gasteiger partial charge in [-0.3, -0.25) is 24.3 Å². The number of benzene rings is 1. The summed E-state index contributed by atoms with van der Waals surface area (Å²) in [7, 11) is 0. The van der Waals surface area contributed by atoms with Crippen LogP contribution in [0.1, 0.15) is 30.3 Å². The first-order chi connectivity index (χ1) is 10.4. The second-order valence-electron chi connectivity index (χ2n) is 5.50. The largest absolute Gasteiger partial charge is 0.398 e. The van der Waals surface area contributed by atoms with Gasteiger partial charge in [-0.1, -0.05) is 6.07 Å². The molecular formula is C15H16N4O3. The molecule has 22 heavy (non-hydrogen) atoms. The molecule has 3 rings (SSSR count). The summed E-state index contributed by atoms with van der Waals surface area (Å²) in [6, 6.07) is 2.73. The zero-order valence-corrected chi connectivity index (χ0v) is 12.3. The number of aromatic nitrogens is 2. The molecule has 0 aliphatic carbocycles. The molecule has 1 aromatic carbocycles. The molecule has 1 aliphatic rings. The highest BCUT2D eigenvalue weighted by molar-refractivity contribution is 5.99. The Bertz CT molecular complexity index is 869. The maximum absolute atomic E-state index is 12.8. The van der Waals surface area contributed by atoms with Crippen molar-refractivity contribution >= 4 is 28.4 Å². The molecule has 1 aliphatic heterocycles. The van der Waals surface area contributed by atoms with Crippen molar-refractivity contribution in [2.75, 3.05) is 5.73 Å². The topological polar surface area (TPSA) is 107 Å². The van der Waals surface area contributed by atoms with Gasteiger partial charge < -0.3 is 5.73 Å². The molecule has 0 unspecified atom stereocenters. The van der Waals surface area contributed by atoms with E-state index in [4.69, 9.17) is 5.73 Å². The summed E-state index contributed by atoms with van der Waals surface area (Å²) >= 11 is 0. The van der Waals surface area contributed by atoms with Gasteiger partial charge in [-0.15, -0.1) is 0 Å². The number of nitrogen functional groups attached to an aromatic ring is 1. The molecule has 0 bridgehead atoms. The first kappa shape index (κ1) is 14.2. The summed E-state index contributed by atoms with van der Waals surface area (Å²) in [5, 5.41) is 2.57. The number of rotatable bonds is 1. The molecule has 7 heteroatoms. The highest BCUT2D eigenvalue weighted by Crippen LogP contribution is 2.23. The van der Waals surface area contributed by atoms with Crippen molar-refractivity contribution < 1.29 is 9.59 Å². The third-order valence-corrected chi connectivity index (χ3v) is 3.99. The van der Waals surface area contributed by atoms with E-state index in [0.717, 1.165) is 5.56 Å². The molecule has 2 amide bonds. The number of aryl methyl sites for hydroxylation is 2. The number of amides is 2. The van der Waals surface area contributed by atoms with Crippen LogP contribution >= 0.6 is 0 Å². The standard InChI is InChI=1S/C15H16N4O3/c1-7-3-4-9(16)12-13(7)17-8(2)19(15(12)22)10-5-6-11(20)18-14(10)21/h3-4,10H,5-6,16H2,1-2H3,(H,18,20,21)/t10-/m0/s1. The Morgan fingerprint density at radius 3 is 2.68 bits per heavy atom. The average molecular weight is 300 g/mol. The van der Waals surface area contributed by atoms with Gasteiger partial charge in [0.2, 0.25) is 11.8 Å². The van der Waals surface area contributed by atoms with Crippen LogP contribution in [-0.2, 0) is 9.59 Å². The Balaban J connectivity index is 2.27. The van der Waals surface area contributed by atoms with Crippen LogP contribution in [0.5, 0.6) is 0 Å². The summed E-state index contributed by atoms with van der Waals surface area (Å²) in [6.45, 7) is 3.52. The van der Waals surface area contributed by atoms with Gasteiger partial charge in [-0.25, -0.2) is 4.98 Å². The molecule has 0 spiro atoms. The first-order valence-corrected chi connectivity index (χ1v) is 7.01. The quantitative estimate of drug-likeness (QED) is 0.591. The van der Waals surface area contributed by atoms with Gasteiger partial charge in [0.05, 0.1) is 10.9 Å². The average Bonchev–Trinajstić information content (AvgIpc) is 2.45. The summed E-state index contributed by atoms with van der Waals surface area (Å²) in [5.74, 6) is -0.370. The normalized spacial score (nSPS) is 18.5. The van der Waals surface area contributed by atoms with E-state index in [2.05, 4.69) is 10.3 Å². The zero-order chi connectivity index (χ0) is 16.0. The van der Waals surface area contributed by atoms with Crippen molar-refractivity contribution in [1.82, 2.24) is 14.9 Å². The molecule has 0 saturated carbocycles. The highest BCUT2D eigenvalue weighted by atomic mass is 16.2. The van der Waals surface area contributed by atoms with Crippen LogP contribution in [0.15, 0.2) is 16.9 Å². The molecule has 1 aromatic heterocycles. The van der Waals surface area contributed by atoms with Crippen LogP contribution < -0.4 is 16.6 Å². The van der Waals surface area contributed by atoms with E-state index in [1.54, 1.807) is 19.1 Å². The van der Waals surface area contributed by atoms with Crippen LogP contribution in [0.3, 0.4) is 0 Å². The molecule has 1 saturated heterocycles. The fraction of sp³-hybridized carbons (Fsp3) is 0.333. The smallest absolute Gasteiger partial charge is 0.264 e. The summed E-state index contributed by atoms with van der Waals surface area (Å²) in [4.78, 5) is 40.6. The molecule has 2 heterocycles. The van der Waals surface area contributed by atoms with Crippen molar-refractivity contribution in [3.05, 3.63) is 33.9 Å². The van der Waals surface area contributed by atoms with E-state index in [0.29, 0.717) is 22.4 Å². The zero-order valence-electron chi connectivity index (χ0n) is 12.3. The minimum atomic E-state index is -0.734. The maximum atomic E-state index is 12.8. The van der Waals surface area contributed by atoms with Gasteiger partial charge >= 0.3 is 0 Å². The SMILES string of the molecule is Cc1ccc(N)c2c(=O)n([C@H]3CCC(=O)NC3=O)c(C)nc12. The number of carbonyl (C=O) groups excluding carboxylic acids is 2. The van der Waals surface area contributed by atoms with Gasteiger partial charge in [-0.2, -0.15) is 0 Å². The Morgan fingerprint density at radius 1 is 1.27 bits per heavy atom. The molecular weight excluding hydrogens is 284 g/mol. The van der Waals surface area contributed by atoms with E-state index >= 15 is 0 Å². The third kappa shape index (κ3) is 2.05. The minimum Gasteiger partial charge on any atom is -0.398 e. The number of anilines is 1. The monoisotopic (exact) mass is 300 g/mol. The van der Waals surface area contributed by atoms with Crippen LogP contribution in [-0.4, -0.2) is 21.4 Å². The van der Waals surface area contributed by atoms with Crippen LogP contribution in [0, 0.1) is 13.8 Å². The van der Waals surface area contributed by atoms with Gasteiger partial charge in [0.25, 0.3) is 5.56 Å². The Labute approximate surface area is 126 Å². The predicted octanol–water partition coefficient (Wildman–Crippen LogP) is 0.573. The lowest BCUT2D eigenvalue weighted by Crippen LogP contribution is -2.45. The minimum absolute atomic E-state index is 0.198. The molecule has 1 atom stereocenters. The summed E-state index contributed by atoms with van der Waals surface area (Å²) in [6.07, 6.45) is 0.480. The number of carbonyl (C=O) groups is 2. The molecule has 0 radical (unpaired) electrons. The predicted molar refractivity (Wildman–Crippen MR) is 81.3 cm³/mol. The number of nitrogens with two attached hydrogens (primary N) is 1. The Hall–Kier alpha value is -2.70. The summed E-state index contributed by atoms with van der Waals surface area (Å²) < 4.78 is 1.33. The molecule has 7 nitrogen and oxygen atoms in total. The number of nitrogens with one attached hydrogen (secondary N) is 1. The lowest BCUT2D eigenvalue weighted by molar-refractivity contribution is -0.135. The van der Waals surface area contributed by atoms with Crippen molar-refractivity contribution in [1.29, 1.82) is 0 Å². The number of hydrogen-bond acceptors (Lipinski definition) is 5. The lowest BCUT2D eigenvalue weighted by Gasteiger charge is -2.24. The van der Waals surface area contributed by atoms with Gasteiger partial charge in [0.15, 0.2) is 0 Å². The van der Waals surface area contributed by atoms with Crippen LogP contribution in [0.4, 0.5) is 5.69 Å². The number of fused-ring (bicyclic) bond motifs is 1. The maximum Gasteiger partial charge on any atom is 0.264 e. The molecule has 3 N–H and O–H groups in total. The van der Waals surface area contributed by atoms with E-state index in [9.17, 15) is 14.4 Å². The number of piperidine rings is 1. The fourth-order valence-electron chi connectivity index (χ4n) is 2.86. The Morgan fingerprint density at radius 2 is 2.00 bits per heavy atom. The second kappa shape index (κ2) is 4.94. The number of nitrogens with zero attached hydrogens (tertiary/aromatic N) is 2. The lowest BCUT2D eigenvalue weighted by atomic mass is 10.0. The fourth-order valence-corrected chi connectivity index (χ4v) is 2.86. The van der Waals surface area contributed by atoms with Gasteiger partial charge in [0.1, 0.15) is 11.9 Å². The van der Waals surface area contributed by atoms with Crippen LogP contribution in [0.25, 0.3) is 10.9 Å². The molecule has 1 fully saturated rings. The second-order valence-corrected chi connectivity index (χ2v) is 5.50. The Kier molecular flexibility index (Phi) is 3.20. The first-order valence-electron chi connectivity index (χ1n) is 7.01. The van der Waals surface area contributed by atoms with E-state index in [-0.39, 0.29) is 24.3 Å². The highest BCUT2D eigenvalue weighted by Gasteiger charge is 2.30. The van der Waals surface area contributed by atoms with Gasteiger partial charge in [-0.05, 0) is 31.9 Å². The third-order valence-electron chi connectivity index (χ3n) is 3.99. The van der Waals surface area contributed by atoms with Crippen LogP contribution in [0.2, 0.25) is 0 Å².